The van der Waals surface area contributed by atoms with Gasteiger partial charge in [0.05, 0.1) is 0 Å². The summed E-state index contributed by atoms with van der Waals surface area (Å²) in [6.45, 7) is 0. The maximum atomic E-state index is 10.6. The van der Waals surface area contributed by atoms with Crippen LogP contribution < -0.4 is 10.6 Å². The van der Waals surface area contributed by atoms with Crippen LogP contribution in [-0.2, 0) is 4.79 Å². The van der Waals surface area contributed by atoms with Crippen LogP contribution in [0, 0.1) is 0 Å². The van der Waals surface area contributed by atoms with Gasteiger partial charge in [0.15, 0.2) is 0 Å². The van der Waals surface area contributed by atoms with Gasteiger partial charge in [-0.2, -0.15) is 0 Å². The Bertz CT molecular complexity index is 159. The number of imide groups is 1. The molecule has 0 aliphatic carbocycles. The highest BCUT2D eigenvalue weighted by Gasteiger charge is 2.27. The van der Waals surface area contributed by atoms with E-state index in [9.17, 15) is 9.59 Å². The number of carbonyl (C=O) groups is 2. The van der Waals surface area contributed by atoms with Gasteiger partial charge in [-0.15, -0.1) is 0 Å². The van der Waals surface area contributed by atoms with Gasteiger partial charge >= 0.3 is 6.03 Å². The molecular weight excluding hydrogens is 188 g/mol. The van der Waals surface area contributed by atoms with Crippen molar-refractivity contribution in [3.63, 3.8) is 0 Å². The van der Waals surface area contributed by atoms with Crippen molar-refractivity contribution in [1.29, 1.82) is 0 Å². The van der Waals surface area contributed by atoms with Crippen LogP contribution in [0.25, 0.3) is 0 Å². The first-order chi connectivity index (χ1) is 4.24. The molecule has 9 heavy (non-hydrogen) atoms. The first kappa shape index (κ1) is 6.54. The Kier molecular flexibility index (Phi) is 1.70. The Morgan fingerprint density at radius 2 is 2.22 bits per heavy atom. The van der Waals surface area contributed by atoms with Gasteiger partial charge in [0.1, 0.15) is 6.04 Å². The van der Waals surface area contributed by atoms with E-state index in [1.807, 2.05) is 0 Å². The first-order valence-electron chi connectivity index (χ1n) is 2.41. The van der Waals surface area contributed by atoms with Crippen molar-refractivity contribution >= 4 is 27.9 Å². The molecule has 50 valence electrons. The minimum absolute atomic E-state index is 0.267. The quantitative estimate of drug-likeness (QED) is 0.439. The van der Waals surface area contributed by atoms with Gasteiger partial charge in [0.2, 0.25) is 0 Å². The summed E-state index contributed by atoms with van der Waals surface area (Å²) in [6.07, 6.45) is 0. The third-order valence-electron chi connectivity index (χ3n) is 1.01. The van der Waals surface area contributed by atoms with Crippen molar-refractivity contribution in [2.45, 2.75) is 6.04 Å². The molecule has 1 fully saturated rings. The Morgan fingerprint density at radius 3 is 2.44 bits per heavy atom. The van der Waals surface area contributed by atoms with E-state index in [0.29, 0.717) is 5.33 Å². The second kappa shape index (κ2) is 2.34. The van der Waals surface area contributed by atoms with Crippen LogP contribution in [0.4, 0.5) is 4.79 Å². The molecule has 5 heteroatoms. The molecule has 3 amide bonds. The second-order valence-corrected chi connectivity index (χ2v) is 2.32. The minimum atomic E-state index is -0.413. The van der Waals surface area contributed by atoms with Crippen LogP contribution in [-0.4, -0.2) is 23.3 Å². The zero-order chi connectivity index (χ0) is 6.85. The summed E-state index contributed by atoms with van der Waals surface area (Å²) >= 11 is 3.07. The summed E-state index contributed by atoms with van der Waals surface area (Å²) in [5.41, 5.74) is 0. The highest BCUT2D eigenvalue weighted by atomic mass is 79.9. The molecule has 1 atom stereocenters. The standard InChI is InChI=1S/C4H5BrN2O2/c5-1-2-3(8)7-4(9)6-2/h2H,1H2,(H2,6,7,8,9). The van der Waals surface area contributed by atoms with E-state index in [1.165, 1.54) is 0 Å². The number of alkyl halides is 1. The van der Waals surface area contributed by atoms with Crippen molar-refractivity contribution in [3.8, 4) is 0 Å². The number of rotatable bonds is 1. The van der Waals surface area contributed by atoms with Crippen LogP contribution in [0.1, 0.15) is 0 Å². The van der Waals surface area contributed by atoms with Crippen molar-refractivity contribution in [3.05, 3.63) is 0 Å². The molecule has 0 radical (unpaired) electrons. The number of hydrogen-bond donors (Lipinski definition) is 2. The van der Waals surface area contributed by atoms with Crippen molar-refractivity contribution in [2.75, 3.05) is 5.33 Å². The van der Waals surface area contributed by atoms with Crippen LogP contribution in [0.3, 0.4) is 0 Å². The number of hydrogen-bond acceptors (Lipinski definition) is 2. The molecular formula is C4H5BrN2O2. The van der Waals surface area contributed by atoms with E-state index in [0.717, 1.165) is 0 Å². The number of halogens is 1. The first-order valence-corrected chi connectivity index (χ1v) is 3.53. The van der Waals surface area contributed by atoms with Crippen LogP contribution >= 0.6 is 15.9 Å². The Labute approximate surface area is 60.1 Å². The molecule has 1 aliphatic rings. The largest absolute Gasteiger partial charge is 0.325 e. The Hall–Kier alpha value is -0.580. The Morgan fingerprint density at radius 1 is 1.56 bits per heavy atom. The monoisotopic (exact) mass is 192 g/mol. The molecule has 0 aromatic rings. The lowest BCUT2D eigenvalue weighted by Gasteiger charge is -1.97. The summed E-state index contributed by atoms with van der Waals surface area (Å²) in [4.78, 5) is 21.0. The van der Waals surface area contributed by atoms with Crippen molar-refractivity contribution in [2.24, 2.45) is 0 Å². The number of urea groups is 1. The third-order valence-corrected chi connectivity index (χ3v) is 1.66. The average Bonchev–Trinajstić information content (AvgIpc) is 2.10. The third kappa shape index (κ3) is 1.21. The minimum Gasteiger partial charge on any atom is -0.325 e. The van der Waals surface area contributed by atoms with Gasteiger partial charge in [-0.25, -0.2) is 4.79 Å². The molecule has 1 heterocycles. The maximum Gasteiger partial charge on any atom is 0.322 e. The maximum absolute atomic E-state index is 10.6. The smallest absolute Gasteiger partial charge is 0.322 e. The average molecular weight is 193 g/mol. The van der Waals surface area contributed by atoms with E-state index in [2.05, 4.69) is 26.6 Å². The molecule has 0 spiro atoms. The van der Waals surface area contributed by atoms with Gasteiger partial charge in [-0.05, 0) is 0 Å². The van der Waals surface area contributed by atoms with Crippen LogP contribution in [0.5, 0.6) is 0 Å². The number of amides is 3. The van der Waals surface area contributed by atoms with Gasteiger partial charge in [0, 0.05) is 5.33 Å². The molecule has 2 N–H and O–H groups in total. The predicted octanol–water partition coefficient (Wildman–Crippen LogP) is -0.411. The van der Waals surface area contributed by atoms with E-state index >= 15 is 0 Å². The summed E-state index contributed by atoms with van der Waals surface area (Å²) in [5, 5.41) is 4.97. The molecule has 1 unspecified atom stereocenters. The fraction of sp³-hybridized carbons (Fsp3) is 0.500. The fourth-order valence-corrected chi connectivity index (χ4v) is 1.02. The Balaban J connectivity index is 2.58. The summed E-state index contributed by atoms with van der Waals surface area (Å²) < 4.78 is 0. The topological polar surface area (TPSA) is 58.2 Å². The zero-order valence-electron chi connectivity index (χ0n) is 4.48. The predicted molar refractivity (Wildman–Crippen MR) is 34.3 cm³/mol. The lowest BCUT2D eigenvalue weighted by Crippen LogP contribution is -2.29. The summed E-state index contributed by atoms with van der Waals surface area (Å²) in [7, 11) is 0. The zero-order valence-corrected chi connectivity index (χ0v) is 6.06. The fourth-order valence-electron chi connectivity index (χ4n) is 0.568. The molecule has 0 bridgehead atoms. The van der Waals surface area contributed by atoms with Gasteiger partial charge in [-0.3, -0.25) is 10.1 Å². The second-order valence-electron chi connectivity index (χ2n) is 1.67. The van der Waals surface area contributed by atoms with E-state index < -0.39 is 12.1 Å². The van der Waals surface area contributed by atoms with Crippen molar-refractivity contribution < 1.29 is 9.59 Å². The lowest BCUT2D eigenvalue weighted by atomic mass is 10.4. The van der Waals surface area contributed by atoms with Gasteiger partial charge < -0.3 is 5.32 Å². The van der Waals surface area contributed by atoms with Crippen LogP contribution in [0.2, 0.25) is 0 Å². The molecule has 1 rings (SSSR count). The molecule has 1 aliphatic heterocycles. The van der Waals surface area contributed by atoms with Gasteiger partial charge in [0.25, 0.3) is 5.91 Å². The highest BCUT2D eigenvalue weighted by Crippen LogP contribution is 1.95. The SMILES string of the molecule is O=C1NC(=O)C(CBr)N1. The van der Waals surface area contributed by atoms with Crippen molar-refractivity contribution in [1.82, 2.24) is 10.6 Å². The molecule has 1 saturated heterocycles. The van der Waals surface area contributed by atoms with E-state index in [-0.39, 0.29) is 5.91 Å². The normalized spacial score (nSPS) is 25.7. The molecule has 0 aromatic heterocycles. The molecule has 0 saturated carbocycles. The van der Waals surface area contributed by atoms with E-state index in [1.54, 1.807) is 0 Å². The highest BCUT2D eigenvalue weighted by molar-refractivity contribution is 9.09. The number of nitrogens with one attached hydrogen (secondary N) is 2. The molecule has 4 nitrogen and oxygen atoms in total. The lowest BCUT2D eigenvalue weighted by molar-refractivity contribution is -0.119. The summed E-state index contributed by atoms with van der Waals surface area (Å²) in [6, 6.07) is -0.804. The van der Waals surface area contributed by atoms with E-state index in [4.69, 9.17) is 0 Å². The van der Waals surface area contributed by atoms with Crippen LogP contribution in [0.15, 0.2) is 0 Å². The van der Waals surface area contributed by atoms with Gasteiger partial charge in [-0.1, -0.05) is 15.9 Å². The summed E-state index contributed by atoms with van der Waals surface area (Å²) in [5.74, 6) is -0.267. The number of carbonyl (C=O) groups excluding carboxylic acids is 2. The molecule has 0 aromatic carbocycles.